The van der Waals surface area contributed by atoms with E-state index in [1.165, 1.54) is 44.9 Å². The van der Waals surface area contributed by atoms with Gasteiger partial charge in [0.2, 0.25) is 0 Å². The van der Waals surface area contributed by atoms with Gasteiger partial charge in [0, 0.05) is 5.41 Å². The van der Waals surface area contributed by atoms with Crippen LogP contribution in [0.4, 0.5) is 0 Å². The Morgan fingerprint density at radius 3 is 2.12 bits per heavy atom. The lowest BCUT2D eigenvalue weighted by Crippen LogP contribution is -2.48. The van der Waals surface area contributed by atoms with E-state index < -0.39 is 0 Å². The molecular formula is C22H36O4. The quantitative estimate of drug-likeness (QED) is 0.402. The summed E-state index contributed by atoms with van der Waals surface area (Å²) in [6, 6.07) is 0. The number of esters is 2. The Bertz CT molecular complexity index is 463. The van der Waals surface area contributed by atoms with Crippen LogP contribution < -0.4 is 0 Å². The summed E-state index contributed by atoms with van der Waals surface area (Å²) in [5.41, 5.74) is 0.249. The molecule has 1 atom stereocenters. The fourth-order valence-electron chi connectivity index (χ4n) is 6.00. The molecule has 0 heterocycles. The first-order chi connectivity index (χ1) is 12.5. The molecule has 4 bridgehead atoms. The summed E-state index contributed by atoms with van der Waals surface area (Å²) in [4.78, 5) is 24.0. The molecule has 4 aliphatic carbocycles. The normalized spacial score (nSPS) is 33.1. The van der Waals surface area contributed by atoms with E-state index >= 15 is 0 Å². The van der Waals surface area contributed by atoms with Crippen molar-refractivity contribution in [3.63, 3.8) is 0 Å². The lowest BCUT2D eigenvalue weighted by atomic mass is 9.50. The third-order valence-corrected chi connectivity index (χ3v) is 6.78. The van der Waals surface area contributed by atoms with E-state index in [1.54, 1.807) is 0 Å². The number of ether oxygens (including phenoxy) is 2. The van der Waals surface area contributed by atoms with Gasteiger partial charge in [-0.25, -0.2) is 0 Å². The highest BCUT2D eigenvalue weighted by Gasteiger charge is 2.51. The topological polar surface area (TPSA) is 52.6 Å². The molecule has 0 aromatic rings. The molecule has 1 unspecified atom stereocenters. The van der Waals surface area contributed by atoms with Gasteiger partial charge < -0.3 is 9.47 Å². The average Bonchev–Trinajstić information content (AvgIpc) is 2.57. The van der Waals surface area contributed by atoms with Crippen molar-refractivity contribution in [3.8, 4) is 0 Å². The Hall–Kier alpha value is -1.06. The third-order valence-electron chi connectivity index (χ3n) is 6.78. The van der Waals surface area contributed by atoms with Gasteiger partial charge in [-0.05, 0) is 76.0 Å². The first kappa shape index (κ1) is 19.7. The summed E-state index contributed by atoms with van der Waals surface area (Å²) >= 11 is 0. The van der Waals surface area contributed by atoms with Crippen molar-refractivity contribution in [3.05, 3.63) is 0 Å². The number of unbranched alkanes of at least 4 members (excludes halogenated alkanes) is 2. The standard InChI is InChI=1S/C22H36O4/c1-3-4-5-6-16(2)26-21(24)8-7-20(23)25-15-22-12-17-9-18(13-22)11-19(10-17)14-22/h16-19H,3-15H2,1-2H3. The number of rotatable bonds is 10. The highest BCUT2D eigenvalue weighted by Crippen LogP contribution is 2.60. The van der Waals surface area contributed by atoms with Gasteiger partial charge in [-0.3, -0.25) is 9.59 Å². The minimum absolute atomic E-state index is 0.0582. The van der Waals surface area contributed by atoms with Crippen LogP contribution in [0.5, 0.6) is 0 Å². The molecule has 4 heteroatoms. The van der Waals surface area contributed by atoms with Crippen molar-refractivity contribution >= 4 is 11.9 Å². The maximum absolute atomic E-state index is 12.1. The third kappa shape index (κ3) is 5.23. The summed E-state index contributed by atoms with van der Waals surface area (Å²) in [5, 5.41) is 0. The largest absolute Gasteiger partial charge is 0.465 e. The molecule has 4 aliphatic rings. The van der Waals surface area contributed by atoms with E-state index in [1.807, 2.05) is 6.92 Å². The molecule has 0 aliphatic heterocycles. The van der Waals surface area contributed by atoms with Crippen LogP contribution in [0.1, 0.15) is 90.9 Å². The lowest BCUT2D eigenvalue weighted by Gasteiger charge is -2.56. The molecule has 4 rings (SSSR count). The number of hydrogen-bond acceptors (Lipinski definition) is 4. The van der Waals surface area contributed by atoms with Crippen LogP contribution in [0.3, 0.4) is 0 Å². The molecule has 26 heavy (non-hydrogen) atoms. The summed E-state index contributed by atoms with van der Waals surface area (Å²) in [7, 11) is 0. The summed E-state index contributed by atoms with van der Waals surface area (Å²) < 4.78 is 11.0. The van der Waals surface area contributed by atoms with E-state index in [-0.39, 0.29) is 36.3 Å². The van der Waals surface area contributed by atoms with Crippen molar-refractivity contribution in [2.75, 3.05) is 6.61 Å². The summed E-state index contributed by atoms with van der Waals surface area (Å²) in [6.45, 7) is 4.66. The fourth-order valence-corrected chi connectivity index (χ4v) is 6.00. The van der Waals surface area contributed by atoms with Crippen molar-refractivity contribution in [1.82, 2.24) is 0 Å². The van der Waals surface area contributed by atoms with E-state index in [0.29, 0.717) is 6.61 Å². The predicted octanol–water partition coefficient (Wildman–Crippen LogP) is 5.04. The molecule has 148 valence electrons. The zero-order valence-corrected chi connectivity index (χ0v) is 16.6. The first-order valence-electron chi connectivity index (χ1n) is 10.8. The Morgan fingerprint density at radius 2 is 1.54 bits per heavy atom. The molecule has 0 radical (unpaired) electrons. The molecule has 0 saturated heterocycles. The number of carbonyl (C=O) groups is 2. The van der Waals surface area contributed by atoms with E-state index in [9.17, 15) is 9.59 Å². The number of hydrogen-bond donors (Lipinski definition) is 0. The minimum atomic E-state index is -0.277. The maximum atomic E-state index is 12.1. The van der Waals surface area contributed by atoms with Gasteiger partial charge in [0.15, 0.2) is 0 Å². The van der Waals surface area contributed by atoms with Gasteiger partial charge in [0.25, 0.3) is 0 Å². The summed E-state index contributed by atoms with van der Waals surface area (Å²) in [5.74, 6) is 2.08. The summed E-state index contributed by atoms with van der Waals surface area (Å²) in [6.07, 6.45) is 12.4. The van der Waals surface area contributed by atoms with E-state index in [2.05, 4.69) is 6.92 Å². The number of carbonyl (C=O) groups excluding carboxylic acids is 2. The van der Waals surface area contributed by atoms with Gasteiger partial charge in [0.1, 0.15) is 0 Å². The highest BCUT2D eigenvalue weighted by atomic mass is 16.5. The molecule has 0 amide bonds. The molecule has 0 N–H and O–H groups in total. The fraction of sp³-hybridized carbons (Fsp3) is 0.909. The van der Waals surface area contributed by atoms with Crippen LogP contribution in [0.15, 0.2) is 0 Å². The van der Waals surface area contributed by atoms with Gasteiger partial charge in [-0.1, -0.05) is 19.8 Å². The second-order valence-corrected chi connectivity index (χ2v) is 9.37. The van der Waals surface area contributed by atoms with Crippen LogP contribution in [0.2, 0.25) is 0 Å². The van der Waals surface area contributed by atoms with Crippen molar-refractivity contribution in [2.45, 2.75) is 97.0 Å². The Balaban J connectivity index is 1.33. The average molecular weight is 365 g/mol. The zero-order chi connectivity index (χ0) is 18.6. The Kier molecular flexibility index (Phi) is 6.63. The van der Waals surface area contributed by atoms with Gasteiger partial charge in [-0.15, -0.1) is 0 Å². The van der Waals surface area contributed by atoms with Crippen molar-refractivity contribution < 1.29 is 19.1 Å². The van der Waals surface area contributed by atoms with Crippen LogP contribution >= 0.6 is 0 Å². The van der Waals surface area contributed by atoms with Crippen LogP contribution in [-0.2, 0) is 19.1 Å². The SMILES string of the molecule is CCCCCC(C)OC(=O)CCC(=O)OCC12CC3CC(CC(C3)C1)C2. The Morgan fingerprint density at radius 1 is 0.962 bits per heavy atom. The van der Waals surface area contributed by atoms with Crippen LogP contribution in [0, 0.1) is 23.2 Å². The Labute approximate surface area is 158 Å². The molecule has 4 saturated carbocycles. The van der Waals surface area contributed by atoms with Crippen molar-refractivity contribution in [2.24, 2.45) is 23.2 Å². The second kappa shape index (κ2) is 8.75. The van der Waals surface area contributed by atoms with Crippen molar-refractivity contribution in [1.29, 1.82) is 0 Å². The highest BCUT2D eigenvalue weighted by molar-refractivity contribution is 5.77. The minimum Gasteiger partial charge on any atom is -0.465 e. The maximum Gasteiger partial charge on any atom is 0.306 e. The van der Waals surface area contributed by atoms with E-state index in [0.717, 1.165) is 37.0 Å². The van der Waals surface area contributed by atoms with Crippen LogP contribution in [0.25, 0.3) is 0 Å². The monoisotopic (exact) mass is 364 g/mol. The molecule has 0 aromatic heterocycles. The molecule has 0 spiro atoms. The molecule has 4 fully saturated rings. The predicted molar refractivity (Wildman–Crippen MR) is 100 cm³/mol. The van der Waals surface area contributed by atoms with E-state index in [4.69, 9.17) is 9.47 Å². The zero-order valence-electron chi connectivity index (χ0n) is 16.6. The van der Waals surface area contributed by atoms with Crippen LogP contribution in [-0.4, -0.2) is 24.6 Å². The molecular weight excluding hydrogens is 328 g/mol. The van der Waals surface area contributed by atoms with Gasteiger partial charge >= 0.3 is 11.9 Å². The second-order valence-electron chi connectivity index (χ2n) is 9.37. The smallest absolute Gasteiger partial charge is 0.306 e. The molecule has 4 nitrogen and oxygen atoms in total. The van der Waals surface area contributed by atoms with Gasteiger partial charge in [0.05, 0.1) is 25.6 Å². The molecule has 0 aromatic carbocycles. The first-order valence-corrected chi connectivity index (χ1v) is 10.8. The lowest BCUT2D eigenvalue weighted by molar-refractivity contribution is -0.159. The van der Waals surface area contributed by atoms with Gasteiger partial charge in [-0.2, -0.15) is 0 Å².